The fourth-order valence-electron chi connectivity index (χ4n) is 2.10. The Morgan fingerprint density at radius 2 is 1.92 bits per heavy atom. The molecule has 0 aromatic rings. The Hall–Kier alpha value is -0.590. The fraction of sp³-hybridized carbons (Fsp3) is 0.750. The molecule has 0 atom stereocenters. The number of carbonyl (C=O) groups excluding carboxylic acids is 1. The highest BCUT2D eigenvalue weighted by Crippen LogP contribution is 2.29. The van der Waals surface area contributed by atoms with E-state index < -0.39 is 0 Å². The molecule has 0 unspecified atom stereocenters. The van der Waals surface area contributed by atoms with E-state index in [-0.39, 0.29) is 0 Å². The van der Waals surface area contributed by atoms with Crippen molar-refractivity contribution >= 4 is 6.29 Å². The van der Waals surface area contributed by atoms with Gasteiger partial charge in [-0.05, 0) is 32.1 Å². The van der Waals surface area contributed by atoms with Gasteiger partial charge in [0.05, 0.1) is 0 Å². The fourth-order valence-corrected chi connectivity index (χ4v) is 2.10. The zero-order chi connectivity index (χ0) is 9.52. The van der Waals surface area contributed by atoms with E-state index in [0.717, 1.165) is 18.6 Å². The van der Waals surface area contributed by atoms with Gasteiger partial charge in [-0.25, -0.2) is 0 Å². The van der Waals surface area contributed by atoms with Crippen molar-refractivity contribution in [2.45, 2.75) is 51.9 Å². The molecule has 13 heavy (non-hydrogen) atoms. The molecule has 0 amide bonds. The van der Waals surface area contributed by atoms with E-state index in [9.17, 15) is 4.79 Å². The van der Waals surface area contributed by atoms with Crippen LogP contribution in [0.15, 0.2) is 11.6 Å². The van der Waals surface area contributed by atoms with E-state index in [0.29, 0.717) is 6.42 Å². The van der Waals surface area contributed by atoms with Crippen molar-refractivity contribution in [3.8, 4) is 0 Å². The summed E-state index contributed by atoms with van der Waals surface area (Å²) >= 11 is 0. The van der Waals surface area contributed by atoms with E-state index >= 15 is 0 Å². The smallest absolute Gasteiger partial charge is 0.120 e. The average molecular weight is 180 g/mol. The normalized spacial score (nSPS) is 20.2. The van der Waals surface area contributed by atoms with Gasteiger partial charge in [-0.2, -0.15) is 0 Å². The molecule has 0 N–H and O–H groups in total. The highest BCUT2D eigenvalue weighted by molar-refractivity contribution is 5.49. The molecule has 0 aromatic carbocycles. The molecule has 0 aliphatic heterocycles. The first-order valence-corrected chi connectivity index (χ1v) is 5.45. The predicted molar refractivity (Wildman–Crippen MR) is 55.6 cm³/mol. The van der Waals surface area contributed by atoms with Crippen molar-refractivity contribution in [2.24, 2.45) is 5.92 Å². The monoisotopic (exact) mass is 180 g/mol. The minimum atomic E-state index is 0.685. The standard InChI is InChI=1S/C12H20O/c1-11(7-5-6-10-13)12-8-3-2-4-9-12/h7,10,12H,2-6,8-9H2,1H3/b11-7+. The van der Waals surface area contributed by atoms with Gasteiger partial charge in [0.25, 0.3) is 0 Å². The number of hydrogen-bond donors (Lipinski definition) is 0. The van der Waals surface area contributed by atoms with Gasteiger partial charge in [0.15, 0.2) is 0 Å². The molecule has 0 bridgehead atoms. The first-order valence-electron chi connectivity index (χ1n) is 5.45. The summed E-state index contributed by atoms with van der Waals surface area (Å²) < 4.78 is 0. The van der Waals surface area contributed by atoms with Crippen molar-refractivity contribution in [3.05, 3.63) is 11.6 Å². The van der Waals surface area contributed by atoms with E-state index in [2.05, 4.69) is 13.0 Å². The second-order valence-electron chi connectivity index (χ2n) is 4.03. The lowest BCUT2D eigenvalue weighted by Crippen LogP contribution is -2.07. The second-order valence-corrected chi connectivity index (χ2v) is 4.03. The Balaban J connectivity index is 2.30. The number of hydrogen-bond acceptors (Lipinski definition) is 1. The molecule has 1 aliphatic carbocycles. The van der Waals surface area contributed by atoms with E-state index in [4.69, 9.17) is 0 Å². The topological polar surface area (TPSA) is 17.1 Å². The van der Waals surface area contributed by atoms with Crippen molar-refractivity contribution in [1.29, 1.82) is 0 Å². The van der Waals surface area contributed by atoms with Crippen molar-refractivity contribution < 1.29 is 4.79 Å². The van der Waals surface area contributed by atoms with Crippen LogP contribution in [0.25, 0.3) is 0 Å². The summed E-state index contributed by atoms with van der Waals surface area (Å²) in [4.78, 5) is 10.1. The first kappa shape index (κ1) is 10.5. The van der Waals surface area contributed by atoms with Crippen molar-refractivity contribution in [3.63, 3.8) is 0 Å². The summed E-state index contributed by atoms with van der Waals surface area (Å²) in [6.07, 6.45) is 11.8. The number of carbonyl (C=O) groups is 1. The summed E-state index contributed by atoms with van der Waals surface area (Å²) in [5, 5.41) is 0. The summed E-state index contributed by atoms with van der Waals surface area (Å²) in [5.41, 5.74) is 1.52. The van der Waals surface area contributed by atoms with Crippen LogP contribution in [-0.2, 0) is 4.79 Å². The average Bonchev–Trinajstić information content (AvgIpc) is 2.19. The molecule has 0 spiro atoms. The zero-order valence-electron chi connectivity index (χ0n) is 8.59. The minimum absolute atomic E-state index is 0.685. The molecule has 1 fully saturated rings. The van der Waals surface area contributed by atoms with Crippen LogP contribution in [-0.4, -0.2) is 6.29 Å². The Bertz CT molecular complexity index is 176. The van der Waals surface area contributed by atoms with Gasteiger partial charge in [0, 0.05) is 6.42 Å². The Morgan fingerprint density at radius 1 is 1.23 bits per heavy atom. The number of unbranched alkanes of at least 4 members (excludes halogenated alkanes) is 1. The molecular formula is C12H20O. The molecular weight excluding hydrogens is 160 g/mol. The van der Waals surface area contributed by atoms with E-state index in [1.54, 1.807) is 0 Å². The maximum atomic E-state index is 10.1. The lowest BCUT2D eigenvalue weighted by atomic mass is 9.84. The highest BCUT2D eigenvalue weighted by atomic mass is 16.1. The minimum Gasteiger partial charge on any atom is -0.303 e. The Kier molecular flexibility index (Phi) is 4.81. The summed E-state index contributed by atoms with van der Waals surface area (Å²) in [6.45, 7) is 2.22. The number of allylic oxidation sites excluding steroid dienone is 2. The summed E-state index contributed by atoms with van der Waals surface area (Å²) in [7, 11) is 0. The van der Waals surface area contributed by atoms with Crippen LogP contribution in [0.5, 0.6) is 0 Å². The molecule has 1 heteroatoms. The number of rotatable bonds is 4. The first-order chi connectivity index (χ1) is 6.34. The second kappa shape index (κ2) is 5.95. The van der Waals surface area contributed by atoms with Gasteiger partial charge in [0.1, 0.15) is 6.29 Å². The van der Waals surface area contributed by atoms with Crippen LogP contribution in [0.4, 0.5) is 0 Å². The Labute approximate surface area is 81.2 Å². The predicted octanol–water partition coefficient (Wildman–Crippen LogP) is 3.49. The van der Waals surface area contributed by atoms with Gasteiger partial charge in [-0.15, -0.1) is 0 Å². The molecule has 1 rings (SSSR count). The quantitative estimate of drug-likeness (QED) is 0.367. The number of aldehydes is 1. The van der Waals surface area contributed by atoms with Crippen LogP contribution in [0.1, 0.15) is 51.9 Å². The molecule has 1 saturated carbocycles. The summed E-state index contributed by atoms with van der Waals surface area (Å²) in [5.74, 6) is 0.820. The molecule has 1 nitrogen and oxygen atoms in total. The third kappa shape index (κ3) is 3.75. The van der Waals surface area contributed by atoms with Gasteiger partial charge < -0.3 is 4.79 Å². The molecule has 74 valence electrons. The summed E-state index contributed by atoms with van der Waals surface area (Å²) in [6, 6.07) is 0. The van der Waals surface area contributed by atoms with Crippen LogP contribution >= 0.6 is 0 Å². The van der Waals surface area contributed by atoms with Crippen molar-refractivity contribution in [2.75, 3.05) is 0 Å². The molecule has 0 heterocycles. The van der Waals surface area contributed by atoms with Crippen LogP contribution in [0.3, 0.4) is 0 Å². The SMILES string of the molecule is C/C(=C\CCC=O)C1CCCCC1. The lowest BCUT2D eigenvalue weighted by Gasteiger charge is -2.22. The zero-order valence-corrected chi connectivity index (χ0v) is 8.59. The maximum Gasteiger partial charge on any atom is 0.120 e. The maximum absolute atomic E-state index is 10.1. The third-order valence-electron chi connectivity index (χ3n) is 3.00. The third-order valence-corrected chi connectivity index (χ3v) is 3.00. The van der Waals surface area contributed by atoms with Gasteiger partial charge in [-0.3, -0.25) is 0 Å². The van der Waals surface area contributed by atoms with Crippen LogP contribution < -0.4 is 0 Å². The Morgan fingerprint density at radius 3 is 2.54 bits per heavy atom. The molecule has 0 aromatic heterocycles. The van der Waals surface area contributed by atoms with Gasteiger partial charge in [0.2, 0.25) is 0 Å². The van der Waals surface area contributed by atoms with Crippen LogP contribution in [0, 0.1) is 5.92 Å². The van der Waals surface area contributed by atoms with Gasteiger partial charge >= 0.3 is 0 Å². The van der Waals surface area contributed by atoms with Gasteiger partial charge in [-0.1, -0.05) is 30.9 Å². The van der Waals surface area contributed by atoms with Crippen molar-refractivity contribution in [1.82, 2.24) is 0 Å². The lowest BCUT2D eigenvalue weighted by molar-refractivity contribution is -0.107. The highest BCUT2D eigenvalue weighted by Gasteiger charge is 2.13. The molecule has 0 saturated heterocycles. The largest absolute Gasteiger partial charge is 0.303 e. The van der Waals surface area contributed by atoms with E-state index in [1.165, 1.54) is 37.7 Å². The van der Waals surface area contributed by atoms with E-state index in [1.807, 2.05) is 0 Å². The molecule has 1 aliphatic rings. The van der Waals surface area contributed by atoms with Crippen LogP contribution in [0.2, 0.25) is 0 Å². The molecule has 0 radical (unpaired) electrons.